The van der Waals surface area contributed by atoms with Crippen LogP contribution in [0.25, 0.3) is 0 Å². The van der Waals surface area contributed by atoms with Gasteiger partial charge in [-0.1, -0.05) is 83.3 Å². The lowest BCUT2D eigenvalue weighted by atomic mass is 10.0. The topological polar surface area (TPSA) is 75.7 Å². The molecule has 0 aromatic heterocycles. The van der Waals surface area contributed by atoms with Crippen molar-refractivity contribution in [2.75, 3.05) is 10.2 Å². The Morgan fingerprint density at radius 1 is 1.06 bits per heavy atom. The lowest BCUT2D eigenvalue weighted by Crippen LogP contribution is -2.70. The van der Waals surface area contributed by atoms with E-state index in [4.69, 9.17) is 4.74 Å². The number of thioether (sulfide) groups is 1. The Kier molecular flexibility index (Phi) is 6.96. The van der Waals surface area contributed by atoms with E-state index in [1.54, 1.807) is 11.8 Å². The number of alkyl halides is 1. The van der Waals surface area contributed by atoms with Gasteiger partial charge in [0.1, 0.15) is 23.7 Å². The predicted octanol–water partition coefficient (Wildman–Crippen LogP) is 3.06. The van der Waals surface area contributed by atoms with Gasteiger partial charge in [-0.3, -0.25) is 14.5 Å². The molecule has 0 bridgehead atoms. The molecule has 2 atom stereocenters. The molecule has 1 saturated heterocycles. The van der Waals surface area contributed by atoms with Gasteiger partial charge in [-0.2, -0.15) is 0 Å². The van der Waals surface area contributed by atoms with Crippen LogP contribution >= 0.6 is 34.4 Å². The normalized spacial score (nSPS) is 20.0. The molecular formula is C23H21IN2O4S. The Bertz CT molecular complexity index is 1010. The quantitative estimate of drug-likeness (QED) is 0.249. The van der Waals surface area contributed by atoms with Crippen molar-refractivity contribution in [2.45, 2.75) is 24.4 Å². The molecular weight excluding hydrogens is 527 g/mol. The number of carbonyl (C=O) groups excluding carboxylic acids is 3. The summed E-state index contributed by atoms with van der Waals surface area (Å²) in [6, 6.07) is 18.2. The molecule has 8 heteroatoms. The molecule has 2 heterocycles. The number of nitrogens with zero attached hydrogens (tertiary/aromatic N) is 1. The third-order valence-corrected chi connectivity index (χ3v) is 7.40. The molecule has 1 fully saturated rings. The van der Waals surface area contributed by atoms with Crippen molar-refractivity contribution in [1.82, 2.24) is 10.2 Å². The van der Waals surface area contributed by atoms with Gasteiger partial charge in [-0.15, -0.1) is 11.8 Å². The maximum atomic E-state index is 12.9. The first-order valence-corrected chi connectivity index (χ1v) is 12.4. The predicted molar refractivity (Wildman–Crippen MR) is 127 cm³/mol. The highest BCUT2D eigenvalue weighted by Gasteiger charge is 2.54. The highest BCUT2D eigenvalue weighted by atomic mass is 127. The second-order valence-corrected chi connectivity index (χ2v) is 9.13. The van der Waals surface area contributed by atoms with Crippen LogP contribution < -0.4 is 5.32 Å². The highest BCUT2D eigenvalue weighted by Crippen LogP contribution is 2.41. The summed E-state index contributed by atoms with van der Waals surface area (Å²) in [5.74, 6) is -0.351. The fraction of sp³-hybridized carbons (Fsp3) is 0.261. The molecule has 31 heavy (non-hydrogen) atoms. The number of rotatable bonds is 7. The van der Waals surface area contributed by atoms with Gasteiger partial charge in [0.05, 0.1) is 6.42 Å². The van der Waals surface area contributed by atoms with Crippen molar-refractivity contribution in [3.63, 3.8) is 0 Å². The van der Waals surface area contributed by atoms with Gasteiger partial charge in [-0.05, 0) is 16.7 Å². The summed E-state index contributed by atoms with van der Waals surface area (Å²) < 4.78 is 6.13. The molecule has 0 unspecified atom stereocenters. The van der Waals surface area contributed by atoms with Crippen molar-refractivity contribution < 1.29 is 19.1 Å². The van der Waals surface area contributed by atoms with Crippen LogP contribution in [0.5, 0.6) is 0 Å². The van der Waals surface area contributed by atoms with Crippen molar-refractivity contribution in [3.05, 3.63) is 83.1 Å². The first-order chi connectivity index (χ1) is 15.1. The van der Waals surface area contributed by atoms with Gasteiger partial charge in [0.2, 0.25) is 5.91 Å². The highest BCUT2D eigenvalue weighted by molar-refractivity contribution is 14.1. The third-order valence-electron chi connectivity index (χ3n) is 5.14. The van der Waals surface area contributed by atoms with Gasteiger partial charge in [0.25, 0.3) is 5.91 Å². The minimum Gasteiger partial charge on any atom is -0.456 e. The molecule has 0 saturated carbocycles. The molecule has 0 spiro atoms. The zero-order valence-electron chi connectivity index (χ0n) is 16.6. The van der Waals surface area contributed by atoms with Crippen molar-refractivity contribution in [2.24, 2.45) is 0 Å². The standard InChI is InChI=1S/C23H21IN2O4S/c24-12-17-14-31-22-19(25-18(27)11-15-7-3-1-4-8-15)21(28)26(22)20(17)23(29)30-13-16-9-5-2-6-10-16/h1-10,19,22H,11-14H2,(H,25,27)/t19-,22-/m1/s1. The molecule has 2 aromatic carbocycles. The van der Waals surface area contributed by atoms with E-state index >= 15 is 0 Å². The van der Waals surface area contributed by atoms with Gasteiger partial charge >= 0.3 is 5.97 Å². The van der Waals surface area contributed by atoms with Crippen LogP contribution in [0.4, 0.5) is 0 Å². The van der Waals surface area contributed by atoms with Crippen molar-refractivity contribution >= 4 is 52.1 Å². The average molecular weight is 548 g/mol. The fourth-order valence-electron chi connectivity index (χ4n) is 3.57. The molecule has 0 aliphatic carbocycles. The number of benzene rings is 2. The summed E-state index contributed by atoms with van der Waals surface area (Å²) in [4.78, 5) is 39.7. The molecule has 6 nitrogen and oxygen atoms in total. The Hall–Kier alpha value is -2.33. The summed E-state index contributed by atoms with van der Waals surface area (Å²) in [6.07, 6.45) is 0.211. The number of ether oxygens (including phenoxy) is 1. The van der Waals surface area contributed by atoms with Gasteiger partial charge in [-0.25, -0.2) is 4.79 Å². The van der Waals surface area contributed by atoms with E-state index in [2.05, 4.69) is 27.9 Å². The Morgan fingerprint density at radius 2 is 1.71 bits per heavy atom. The molecule has 4 rings (SSSR count). The summed E-state index contributed by atoms with van der Waals surface area (Å²) in [7, 11) is 0. The van der Waals surface area contributed by atoms with E-state index in [-0.39, 0.29) is 30.2 Å². The summed E-state index contributed by atoms with van der Waals surface area (Å²) >= 11 is 3.76. The number of esters is 1. The Balaban J connectivity index is 1.42. The lowest BCUT2D eigenvalue weighted by molar-refractivity contribution is -0.153. The largest absolute Gasteiger partial charge is 0.456 e. The molecule has 2 aliphatic rings. The van der Waals surface area contributed by atoms with Gasteiger partial charge < -0.3 is 10.1 Å². The number of β-lactam (4-membered cyclic amide) rings is 1. The van der Waals surface area contributed by atoms with E-state index in [1.165, 1.54) is 4.90 Å². The molecule has 0 radical (unpaired) electrons. The van der Waals surface area contributed by atoms with Crippen LogP contribution in [0, 0.1) is 0 Å². The number of carbonyl (C=O) groups is 3. The van der Waals surface area contributed by atoms with Crippen LogP contribution in [0.1, 0.15) is 11.1 Å². The van der Waals surface area contributed by atoms with Crippen molar-refractivity contribution in [3.8, 4) is 0 Å². The first kappa shape index (κ1) is 21.9. The van der Waals surface area contributed by atoms with E-state index in [0.717, 1.165) is 16.7 Å². The average Bonchev–Trinajstić information content (AvgIpc) is 2.81. The Labute approximate surface area is 198 Å². The van der Waals surface area contributed by atoms with Crippen molar-refractivity contribution in [1.29, 1.82) is 0 Å². The number of hydrogen-bond donors (Lipinski definition) is 1. The van der Waals surface area contributed by atoms with Crippen LogP contribution in [-0.4, -0.2) is 44.3 Å². The zero-order chi connectivity index (χ0) is 21.8. The first-order valence-electron chi connectivity index (χ1n) is 9.85. The number of hydrogen-bond acceptors (Lipinski definition) is 5. The second-order valence-electron chi connectivity index (χ2n) is 7.26. The lowest BCUT2D eigenvalue weighted by Gasteiger charge is -2.49. The molecule has 160 valence electrons. The summed E-state index contributed by atoms with van der Waals surface area (Å²) in [5, 5.41) is 2.54. The minimum atomic E-state index is -0.631. The smallest absolute Gasteiger partial charge is 0.355 e. The summed E-state index contributed by atoms with van der Waals surface area (Å²) in [5.41, 5.74) is 2.97. The Morgan fingerprint density at radius 3 is 2.35 bits per heavy atom. The van der Waals surface area contributed by atoms with Crippen LogP contribution in [0.15, 0.2) is 71.9 Å². The van der Waals surface area contributed by atoms with Crippen LogP contribution in [0.3, 0.4) is 0 Å². The molecule has 1 N–H and O–H groups in total. The second kappa shape index (κ2) is 9.86. The monoisotopic (exact) mass is 548 g/mol. The minimum absolute atomic E-state index is 0.148. The fourth-order valence-corrected chi connectivity index (χ4v) is 5.91. The van der Waals surface area contributed by atoms with Gasteiger partial charge in [0.15, 0.2) is 0 Å². The van der Waals surface area contributed by atoms with Gasteiger partial charge in [0, 0.05) is 10.2 Å². The number of halogens is 1. The zero-order valence-corrected chi connectivity index (χ0v) is 19.6. The van der Waals surface area contributed by atoms with E-state index in [0.29, 0.717) is 15.9 Å². The molecule has 2 aromatic rings. The molecule has 2 amide bonds. The number of amides is 2. The maximum absolute atomic E-state index is 12.9. The maximum Gasteiger partial charge on any atom is 0.355 e. The van der Waals surface area contributed by atoms with Crippen LogP contribution in [-0.2, 0) is 32.1 Å². The SMILES string of the molecule is O=C(Cc1ccccc1)N[C@@H]1C(=O)N2C(C(=O)OCc3ccccc3)=C(CI)CS[C@H]12. The van der Waals surface area contributed by atoms with E-state index in [9.17, 15) is 14.4 Å². The number of fused-ring (bicyclic) bond motifs is 1. The number of nitrogens with one attached hydrogen (secondary N) is 1. The molecule has 2 aliphatic heterocycles. The van der Waals surface area contributed by atoms with Crippen LogP contribution in [0.2, 0.25) is 0 Å². The van der Waals surface area contributed by atoms with E-state index < -0.39 is 12.0 Å². The van der Waals surface area contributed by atoms with E-state index in [1.807, 2.05) is 60.7 Å². The summed E-state index contributed by atoms with van der Waals surface area (Å²) in [6.45, 7) is 0.148. The third kappa shape index (κ3) is 4.79.